The highest BCUT2D eigenvalue weighted by atomic mass is 16.6. The highest BCUT2D eigenvalue weighted by Gasteiger charge is 2.39. The first-order valence-electron chi connectivity index (χ1n) is 10.4. The summed E-state index contributed by atoms with van der Waals surface area (Å²) >= 11 is 0. The predicted molar refractivity (Wildman–Crippen MR) is 117 cm³/mol. The third-order valence-corrected chi connectivity index (χ3v) is 5.54. The lowest BCUT2D eigenvalue weighted by molar-refractivity contribution is 0.0285. The van der Waals surface area contributed by atoms with Crippen LogP contribution in [0.5, 0.6) is 17.2 Å². The summed E-state index contributed by atoms with van der Waals surface area (Å²) in [4.78, 5) is 14.2. The molecule has 0 N–H and O–H groups in total. The predicted octanol–water partition coefficient (Wildman–Crippen LogP) is 5.76. The monoisotopic (exact) mass is 407 g/mol. The lowest BCUT2D eigenvalue weighted by Gasteiger charge is -2.24. The van der Waals surface area contributed by atoms with Gasteiger partial charge in [-0.2, -0.15) is 0 Å². The number of hydrogen-bond acceptors (Lipinski definition) is 4. The maximum atomic E-state index is 12.3. The van der Waals surface area contributed by atoms with Crippen LogP contribution in [-0.2, 0) is 4.74 Å². The molecule has 1 aliphatic heterocycles. The number of amides is 1. The summed E-state index contributed by atoms with van der Waals surface area (Å²) in [6.07, 6.45) is 3.11. The number of methoxy groups -OCH3 is 1. The van der Waals surface area contributed by atoms with Crippen molar-refractivity contribution in [1.82, 2.24) is 4.90 Å². The molecule has 2 aromatic carbocycles. The fourth-order valence-corrected chi connectivity index (χ4v) is 4.14. The number of carbonyl (C=O) groups is 1. The Balaban J connectivity index is 1.38. The van der Waals surface area contributed by atoms with Crippen molar-refractivity contribution in [2.45, 2.75) is 32.8 Å². The van der Waals surface area contributed by atoms with E-state index >= 15 is 0 Å². The summed E-state index contributed by atoms with van der Waals surface area (Å²) in [6.45, 7) is 7.21. The molecule has 0 saturated carbocycles. The number of hydrogen-bond donors (Lipinski definition) is 0. The van der Waals surface area contributed by atoms with Gasteiger partial charge in [0.15, 0.2) is 0 Å². The summed E-state index contributed by atoms with van der Waals surface area (Å²) in [7, 11) is 1.64. The van der Waals surface area contributed by atoms with E-state index in [2.05, 4.69) is 18.2 Å². The molecule has 0 spiro atoms. The first-order chi connectivity index (χ1) is 14.3. The molecular formula is C25H29NO4. The minimum atomic E-state index is -0.454. The maximum Gasteiger partial charge on any atom is 0.410 e. The summed E-state index contributed by atoms with van der Waals surface area (Å²) in [6, 6.07) is 15.8. The van der Waals surface area contributed by atoms with Crippen molar-refractivity contribution in [1.29, 1.82) is 0 Å². The highest BCUT2D eigenvalue weighted by Crippen LogP contribution is 2.41. The zero-order valence-corrected chi connectivity index (χ0v) is 18.1. The molecule has 5 heteroatoms. The fraction of sp³-hybridized carbons (Fsp3) is 0.400. The Morgan fingerprint density at radius 1 is 1.00 bits per heavy atom. The first kappa shape index (κ1) is 20.3. The Hall–Kier alpha value is -2.95. The van der Waals surface area contributed by atoms with E-state index in [1.54, 1.807) is 7.11 Å². The average Bonchev–Trinajstić information content (AvgIpc) is 3.27. The van der Waals surface area contributed by atoms with Crippen molar-refractivity contribution in [3.8, 4) is 17.2 Å². The number of allylic oxidation sites excluding steroid dienone is 1. The van der Waals surface area contributed by atoms with E-state index in [-0.39, 0.29) is 6.09 Å². The van der Waals surface area contributed by atoms with Crippen LogP contribution in [0.1, 0.15) is 32.8 Å². The van der Waals surface area contributed by atoms with Crippen LogP contribution in [0.2, 0.25) is 0 Å². The highest BCUT2D eigenvalue weighted by molar-refractivity contribution is 5.72. The molecule has 2 unspecified atom stereocenters. The number of rotatable bonds is 4. The quantitative estimate of drug-likeness (QED) is 0.647. The van der Waals surface area contributed by atoms with Crippen LogP contribution < -0.4 is 9.47 Å². The molecule has 30 heavy (non-hydrogen) atoms. The van der Waals surface area contributed by atoms with Gasteiger partial charge in [0.1, 0.15) is 22.8 Å². The lowest BCUT2D eigenvalue weighted by Crippen LogP contribution is -2.35. The van der Waals surface area contributed by atoms with Crippen LogP contribution in [0.4, 0.5) is 4.79 Å². The molecule has 1 saturated heterocycles. The summed E-state index contributed by atoms with van der Waals surface area (Å²) in [5.74, 6) is 3.19. The SMILES string of the molecule is COc1cccc(Oc2ccc(C3=CC4CN(C(=O)OC(C)(C)C)CC4C3)cc2)c1. The number of ether oxygens (including phenoxy) is 3. The van der Waals surface area contributed by atoms with Crippen molar-refractivity contribution in [3.05, 3.63) is 60.2 Å². The van der Waals surface area contributed by atoms with E-state index in [1.807, 2.05) is 62.1 Å². The number of nitrogens with zero attached hydrogens (tertiary/aromatic N) is 1. The van der Waals surface area contributed by atoms with Crippen molar-refractivity contribution >= 4 is 11.7 Å². The molecule has 1 aliphatic carbocycles. The molecule has 2 aliphatic rings. The third-order valence-electron chi connectivity index (χ3n) is 5.54. The van der Waals surface area contributed by atoms with Gasteiger partial charge in [-0.25, -0.2) is 4.79 Å². The topological polar surface area (TPSA) is 48.0 Å². The van der Waals surface area contributed by atoms with Gasteiger partial charge in [-0.1, -0.05) is 24.3 Å². The summed E-state index contributed by atoms with van der Waals surface area (Å²) in [5, 5.41) is 0. The number of fused-ring (bicyclic) bond motifs is 1. The molecule has 0 aromatic heterocycles. The van der Waals surface area contributed by atoms with Gasteiger partial charge < -0.3 is 19.1 Å². The first-order valence-corrected chi connectivity index (χ1v) is 10.4. The fourth-order valence-electron chi connectivity index (χ4n) is 4.14. The molecule has 5 nitrogen and oxygen atoms in total. The van der Waals surface area contributed by atoms with Gasteiger partial charge in [-0.05, 0) is 74.4 Å². The number of carbonyl (C=O) groups excluding carboxylic acids is 1. The van der Waals surface area contributed by atoms with Crippen molar-refractivity contribution < 1.29 is 19.0 Å². The Kier molecular flexibility index (Phi) is 5.46. The Bertz CT molecular complexity index is 942. The smallest absolute Gasteiger partial charge is 0.410 e. The van der Waals surface area contributed by atoms with E-state index in [1.165, 1.54) is 11.1 Å². The van der Waals surface area contributed by atoms with Crippen molar-refractivity contribution in [2.24, 2.45) is 11.8 Å². The van der Waals surface area contributed by atoms with Crippen LogP contribution in [0.15, 0.2) is 54.6 Å². The maximum absolute atomic E-state index is 12.3. The number of likely N-dealkylation sites (tertiary alicyclic amines) is 1. The van der Waals surface area contributed by atoms with E-state index in [9.17, 15) is 4.79 Å². The Morgan fingerprint density at radius 3 is 2.40 bits per heavy atom. The molecule has 4 rings (SSSR count). The van der Waals surface area contributed by atoms with E-state index in [0.29, 0.717) is 11.8 Å². The zero-order chi connectivity index (χ0) is 21.3. The van der Waals surface area contributed by atoms with Gasteiger partial charge in [0, 0.05) is 19.2 Å². The molecule has 2 atom stereocenters. The van der Waals surface area contributed by atoms with Crippen LogP contribution >= 0.6 is 0 Å². The summed E-state index contributed by atoms with van der Waals surface area (Å²) in [5.41, 5.74) is 2.11. The number of benzene rings is 2. The second kappa shape index (κ2) is 8.05. The second-order valence-electron chi connectivity index (χ2n) is 9.01. The van der Waals surface area contributed by atoms with E-state index in [4.69, 9.17) is 14.2 Å². The summed E-state index contributed by atoms with van der Waals surface area (Å²) < 4.78 is 16.7. The molecule has 2 aromatic rings. The molecule has 0 bridgehead atoms. The molecule has 1 fully saturated rings. The second-order valence-corrected chi connectivity index (χ2v) is 9.01. The molecule has 1 amide bonds. The van der Waals surface area contributed by atoms with Crippen LogP contribution in [0.3, 0.4) is 0 Å². The minimum Gasteiger partial charge on any atom is -0.497 e. The Morgan fingerprint density at radius 2 is 1.73 bits per heavy atom. The molecule has 0 radical (unpaired) electrons. The van der Waals surface area contributed by atoms with Crippen molar-refractivity contribution in [2.75, 3.05) is 20.2 Å². The van der Waals surface area contributed by atoms with E-state index < -0.39 is 5.60 Å². The average molecular weight is 408 g/mol. The Labute approximate surface area is 178 Å². The van der Waals surface area contributed by atoms with Crippen molar-refractivity contribution in [3.63, 3.8) is 0 Å². The van der Waals surface area contributed by atoms with Gasteiger partial charge >= 0.3 is 6.09 Å². The normalized spacial score (nSPS) is 20.5. The van der Waals surface area contributed by atoms with Gasteiger partial charge in [-0.15, -0.1) is 0 Å². The standard InChI is InChI=1S/C25H29NO4/c1-25(2,3)30-24(27)26-15-19-12-18(13-20(19)16-26)17-8-10-21(11-9-17)29-23-7-5-6-22(14-23)28-4/h5-12,14,19-20H,13,15-16H2,1-4H3. The van der Waals surface area contributed by atoms with Gasteiger partial charge in [-0.3, -0.25) is 0 Å². The zero-order valence-electron chi connectivity index (χ0n) is 18.1. The third kappa shape index (κ3) is 4.61. The van der Waals surface area contributed by atoms with Gasteiger partial charge in [0.05, 0.1) is 7.11 Å². The van der Waals surface area contributed by atoms with Crippen LogP contribution in [-0.4, -0.2) is 36.8 Å². The molecular weight excluding hydrogens is 378 g/mol. The molecule has 1 heterocycles. The minimum absolute atomic E-state index is 0.203. The van der Waals surface area contributed by atoms with Crippen LogP contribution in [0, 0.1) is 11.8 Å². The van der Waals surface area contributed by atoms with Gasteiger partial charge in [0.2, 0.25) is 0 Å². The molecule has 158 valence electrons. The largest absolute Gasteiger partial charge is 0.497 e. The van der Waals surface area contributed by atoms with Gasteiger partial charge in [0.25, 0.3) is 0 Å². The van der Waals surface area contributed by atoms with Crippen LogP contribution in [0.25, 0.3) is 5.57 Å². The lowest BCUT2D eigenvalue weighted by atomic mass is 9.98. The van der Waals surface area contributed by atoms with E-state index in [0.717, 1.165) is 36.8 Å².